The van der Waals surface area contributed by atoms with Gasteiger partial charge in [0.1, 0.15) is 0 Å². The van der Waals surface area contributed by atoms with Gasteiger partial charge in [-0.1, -0.05) is 37.6 Å². The van der Waals surface area contributed by atoms with Gasteiger partial charge in [0.2, 0.25) is 0 Å². The van der Waals surface area contributed by atoms with Gasteiger partial charge in [-0.15, -0.1) is 0 Å². The largest absolute Gasteiger partial charge is 0.478 e. The minimum Gasteiger partial charge on any atom is -0.478 e. The Morgan fingerprint density at radius 3 is 1.93 bits per heavy atom. The Morgan fingerprint density at radius 2 is 1.41 bits per heavy atom. The van der Waals surface area contributed by atoms with Crippen LogP contribution in [0.15, 0.2) is 48.5 Å². The number of rotatable bonds is 5. The number of nitrogens with zero attached hydrogens (tertiary/aromatic N) is 2. The summed E-state index contributed by atoms with van der Waals surface area (Å²) in [5, 5.41) is 9.04. The average molecular weight is 393 g/mol. The molecule has 0 spiro atoms. The number of carboxylic acids is 1. The van der Waals surface area contributed by atoms with Crippen molar-refractivity contribution in [1.82, 2.24) is 4.90 Å². The molecular weight excluding hydrogens is 360 g/mol. The van der Waals surface area contributed by atoms with E-state index in [1.165, 1.54) is 50.9 Å². The number of anilines is 1. The summed E-state index contributed by atoms with van der Waals surface area (Å²) in [6.07, 6.45) is 6.94. The molecule has 0 aromatic heterocycles. The summed E-state index contributed by atoms with van der Waals surface area (Å²) >= 11 is 0. The Hall–Kier alpha value is -2.33. The van der Waals surface area contributed by atoms with E-state index in [0.29, 0.717) is 5.56 Å². The smallest absolute Gasteiger partial charge is 0.335 e. The van der Waals surface area contributed by atoms with Crippen molar-refractivity contribution in [2.45, 2.75) is 45.1 Å². The zero-order chi connectivity index (χ0) is 20.2. The van der Waals surface area contributed by atoms with Crippen molar-refractivity contribution in [3.63, 3.8) is 0 Å². The van der Waals surface area contributed by atoms with Gasteiger partial charge in [0.05, 0.1) is 5.56 Å². The molecule has 29 heavy (non-hydrogen) atoms. The second kappa shape index (κ2) is 9.00. The Bertz CT molecular complexity index is 800. The standard InChI is InChI=1S/C25H32N2O2/c1-2-19-3-11-23(12-4-19)26-15-17-27(18-16-26)24-13-9-21(10-14-24)20-5-7-22(8-6-20)25(28)29/h5-10,13-14,19,23H,2-4,11-12,15-18H2,1H3,(H,28,29)/t19-,23+. The van der Waals surface area contributed by atoms with Crippen molar-refractivity contribution >= 4 is 11.7 Å². The van der Waals surface area contributed by atoms with Gasteiger partial charge in [-0.25, -0.2) is 4.79 Å². The third-order valence-corrected chi connectivity index (χ3v) is 6.92. The third-order valence-electron chi connectivity index (χ3n) is 6.92. The third kappa shape index (κ3) is 4.64. The fourth-order valence-electron chi connectivity index (χ4n) is 4.93. The van der Waals surface area contributed by atoms with Gasteiger partial charge in [-0.05, 0) is 67.0 Å². The van der Waals surface area contributed by atoms with E-state index in [0.717, 1.165) is 36.2 Å². The summed E-state index contributed by atoms with van der Waals surface area (Å²) in [5.74, 6) is 0.0795. The summed E-state index contributed by atoms with van der Waals surface area (Å²) in [7, 11) is 0. The highest BCUT2D eigenvalue weighted by Crippen LogP contribution is 2.31. The molecule has 4 rings (SSSR count). The van der Waals surface area contributed by atoms with E-state index in [4.69, 9.17) is 5.11 Å². The Balaban J connectivity index is 1.33. The van der Waals surface area contributed by atoms with Crippen molar-refractivity contribution in [3.05, 3.63) is 54.1 Å². The molecule has 154 valence electrons. The zero-order valence-corrected chi connectivity index (χ0v) is 17.4. The molecule has 4 heteroatoms. The van der Waals surface area contributed by atoms with Crippen molar-refractivity contribution in [2.24, 2.45) is 5.92 Å². The molecular formula is C25H32N2O2. The van der Waals surface area contributed by atoms with Crippen LogP contribution in [0.5, 0.6) is 0 Å². The molecule has 0 amide bonds. The van der Waals surface area contributed by atoms with Gasteiger partial charge in [-0.2, -0.15) is 0 Å². The highest BCUT2D eigenvalue weighted by molar-refractivity contribution is 5.88. The number of hydrogen-bond acceptors (Lipinski definition) is 3. The van der Waals surface area contributed by atoms with Crippen LogP contribution in [0.4, 0.5) is 5.69 Å². The topological polar surface area (TPSA) is 43.8 Å². The minimum atomic E-state index is -0.885. The second-order valence-corrected chi connectivity index (χ2v) is 8.54. The van der Waals surface area contributed by atoms with Crippen molar-refractivity contribution < 1.29 is 9.90 Å². The normalized spacial score (nSPS) is 23.1. The first-order valence-corrected chi connectivity index (χ1v) is 11.1. The first-order valence-electron chi connectivity index (χ1n) is 11.1. The molecule has 0 unspecified atom stereocenters. The van der Waals surface area contributed by atoms with Crippen LogP contribution < -0.4 is 4.90 Å². The van der Waals surface area contributed by atoms with Gasteiger partial charge in [0.25, 0.3) is 0 Å². The zero-order valence-electron chi connectivity index (χ0n) is 17.4. The highest BCUT2D eigenvalue weighted by atomic mass is 16.4. The van der Waals surface area contributed by atoms with Crippen LogP contribution >= 0.6 is 0 Å². The van der Waals surface area contributed by atoms with E-state index < -0.39 is 5.97 Å². The van der Waals surface area contributed by atoms with Gasteiger partial charge < -0.3 is 10.0 Å². The number of carbonyl (C=O) groups is 1. The molecule has 1 saturated heterocycles. The molecule has 4 nitrogen and oxygen atoms in total. The molecule has 2 aromatic rings. The van der Waals surface area contributed by atoms with Crippen LogP contribution in [0.2, 0.25) is 0 Å². The lowest BCUT2D eigenvalue weighted by Crippen LogP contribution is -2.51. The van der Waals surface area contributed by atoms with Crippen LogP contribution in [0.1, 0.15) is 49.4 Å². The van der Waals surface area contributed by atoms with Gasteiger partial charge in [0.15, 0.2) is 0 Å². The highest BCUT2D eigenvalue weighted by Gasteiger charge is 2.27. The second-order valence-electron chi connectivity index (χ2n) is 8.54. The SMILES string of the molecule is CC[C@H]1CC[C@@H](N2CCN(c3ccc(-c4ccc(C(=O)O)cc4)cc3)CC2)CC1. The number of carboxylic acid groups (broad SMARTS) is 1. The fourth-order valence-corrected chi connectivity index (χ4v) is 4.93. The van der Waals surface area contributed by atoms with Gasteiger partial charge in [0, 0.05) is 37.9 Å². The molecule has 1 N–H and O–H groups in total. The maximum absolute atomic E-state index is 11.0. The number of piperazine rings is 1. The van der Waals surface area contributed by atoms with E-state index in [2.05, 4.69) is 41.0 Å². The van der Waals surface area contributed by atoms with Crippen LogP contribution in [0.3, 0.4) is 0 Å². The van der Waals surface area contributed by atoms with E-state index in [9.17, 15) is 4.79 Å². The summed E-state index contributed by atoms with van der Waals surface area (Å²) in [5.41, 5.74) is 3.78. The number of benzene rings is 2. The summed E-state index contributed by atoms with van der Waals surface area (Å²) in [4.78, 5) is 16.2. The summed E-state index contributed by atoms with van der Waals surface area (Å²) in [6.45, 7) is 6.86. The first kappa shape index (κ1) is 20.0. The van der Waals surface area contributed by atoms with E-state index in [1.807, 2.05) is 12.1 Å². The predicted molar refractivity (Wildman–Crippen MR) is 119 cm³/mol. The van der Waals surface area contributed by atoms with Crippen LogP contribution in [-0.2, 0) is 0 Å². The van der Waals surface area contributed by atoms with Crippen LogP contribution in [0, 0.1) is 5.92 Å². The van der Waals surface area contributed by atoms with Crippen LogP contribution in [0.25, 0.3) is 11.1 Å². The predicted octanol–water partition coefficient (Wildman–Crippen LogP) is 5.14. The van der Waals surface area contributed by atoms with Gasteiger partial charge >= 0.3 is 5.97 Å². The molecule has 0 atom stereocenters. The lowest BCUT2D eigenvalue weighted by atomic mass is 9.84. The van der Waals surface area contributed by atoms with Crippen molar-refractivity contribution in [1.29, 1.82) is 0 Å². The summed E-state index contributed by atoms with van der Waals surface area (Å²) in [6, 6.07) is 16.6. The molecule has 2 aliphatic rings. The maximum Gasteiger partial charge on any atom is 0.335 e. The molecule has 1 aliphatic heterocycles. The quantitative estimate of drug-likeness (QED) is 0.765. The Kier molecular flexibility index (Phi) is 6.19. The van der Waals surface area contributed by atoms with E-state index in [-0.39, 0.29) is 0 Å². The maximum atomic E-state index is 11.0. The summed E-state index contributed by atoms with van der Waals surface area (Å²) < 4.78 is 0. The molecule has 1 heterocycles. The first-order chi connectivity index (χ1) is 14.1. The minimum absolute atomic E-state index is 0.325. The number of aromatic carboxylic acids is 1. The van der Waals surface area contributed by atoms with E-state index in [1.54, 1.807) is 12.1 Å². The van der Waals surface area contributed by atoms with Crippen molar-refractivity contribution in [2.75, 3.05) is 31.1 Å². The Labute approximate surface area is 174 Å². The molecule has 2 aromatic carbocycles. The fraction of sp³-hybridized carbons (Fsp3) is 0.480. The molecule has 0 bridgehead atoms. The lowest BCUT2D eigenvalue weighted by Gasteiger charge is -2.42. The molecule has 2 fully saturated rings. The lowest BCUT2D eigenvalue weighted by molar-refractivity contribution is 0.0697. The average Bonchev–Trinajstić information content (AvgIpc) is 2.79. The molecule has 1 aliphatic carbocycles. The van der Waals surface area contributed by atoms with E-state index >= 15 is 0 Å². The monoisotopic (exact) mass is 392 g/mol. The van der Waals surface area contributed by atoms with Crippen molar-refractivity contribution in [3.8, 4) is 11.1 Å². The Morgan fingerprint density at radius 1 is 0.862 bits per heavy atom. The number of hydrogen-bond donors (Lipinski definition) is 1. The van der Waals surface area contributed by atoms with Gasteiger partial charge in [-0.3, -0.25) is 4.90 Å². The van der Waals surface area contributed by atoms with Crippen LogP contribution in [-0.4, -0.2) is 48.2 Å². The molecule has 1 saturated carbocycles. The molecule has 0 radical (unpaired) electrons.